The largest absolute Gasteiger partial charge is 0.497 e. The summed E-state index contributed by atoms with van der Waals surface area (Å²) in [6, 6.07) is 22.0. The molecule has 0 spiro atoms. The number of rotatable bonds is 9. The van der Waals surface area contributed by atoms with Crippen LogP contribution in [-0.2, 0) is 19.5 Å². The molecule has 0 aliphatic heterocycles. The van der Waals surface area contributed by atoms with E-state index in [-0.39, 0.29) is 0 Å². The average molecular weight is 351 g/mol. The summed E-state index contributed by atoms with van der Waals surface area (Å²) >= 11 is 0. The maximum atomic E-state index is 10.6. The van der Waals surface area contributed by atoms with E-state index >= 15 is 0 Å². The Morgan fingerprint density at radius 1 is 0.923 bits per heavy atom. The van der Waals surface area contributed by atoms with Crippen LogP contribution in [0.15, 0.2) is 77.4 Å². The number of hydrogen-bond acceptors (Lipinski definition) is 4. The highest BCUT2D eigenvalue weighted by Crippen LogP contribution is 2.16. The highest BCUT2D eigenvalue weighted by Gasteiger charge is 2.15. The first-order valence-corrected chi connectivity index (χ1v) is 8.82. The minimum atomic E-state index is -0.439. The van der Waals surface area contributed by atoms with Gasteiger partial charge in [-0.3, -0.25) is 4.90 Å². The third-order valence-electron chi connectivity index (χ3n) is 4.31. The van der Waals surface area contributed by atoms with E-state index in [1.165, 1.54) is 5.56 Å². The predicted molar refractivity (Wildman–Crippen MR) is 102 cm³/mol. The van der Waals surface area contributed by atoms with E-state index in [4.69, 9.17) is 9.15 Å². The molecule has 1 aromatic heterocycles. The average Bonchev–Trinajstić information content (AvgIpc) is 3.16. The van der Waals surface area contributed by atoms with Gasteiger partial charge in [-0.2, -0.15) is 0 Å². The van der Waals surface area contributed by atoms with Crippen LogP contribution < -0.4 is 4.74 Å². The maximum Gasteiger partial charge on any atom is 0.118 e. The van der Waals surface area contributed by atoms with Gasteiger partial charge in [-0.15, -0.1) is 0 Å². The number of aliphatic hydroxyl groups is 1. The second kappa shape index (κ2) is 9.22. The molecule has 4 nitrogen and oxygen atoms in total. The fourth-order valence-corrected chi connectivity index (χ4v) is 3.05. The molecular weight excluding hydrogens is 326 g/mol. The van der Waals surface area contributed by atoms with Gasteiger partial charge in [0, 0.05) is 13.1 Å². The fraction of sp³-hybridized carbons (Fsp3) is 0.273. The summed E-state index contributed by atoms with van der Waals surface area (Å²) in [5, 5.41) is 10.6. The lowest BCUT2D eigenvalue weighted by atomic mass is 10.1. The van der Waals surface area contributed by atoms with Crippen molar-refractivity contribution in [3.05, 3.63) is 89.9 Å². The van der Waals surface area contributed by atoms with Gasteiger partial charge in [0.15, 0.2) is 0 Å². The summed E-state index contributed by atoms with van der Waals surface area (Å²) in [6.07, 6.45) is 1.88. The lowest BCUT2D eigenvalue weighted by Crippen LogP contribution is -2.32. The van der Waals surface area contributed by atoms with Crippen molar-refractivity contribution < 1.29 is 14.3 Å². The molecule has 1 heterocycles. The smallest absolute Gasteiger partial charge is 0.118 e. The minimum absolute atomic E-state index is 0.439. The van der Waals surface area contributed by atoms with Crippen molar-refractivity contribution in [1.82, 2.24) is 4.90 Å². The Balaban J connectivity index is 1.65. The molecule has 1 N–H and O–H groups in total. The van der Waals surface area contributed by atoms with E-state index in [9.17, 15) is 5.11 Å². The van der Waals surface area contributed by atoms with Gasteiger partial charge in [0.05, 0.1) is 26.0 Å². The normalized spacial score (nSPS) is 12.3. The van der Waals surface area contributed by atoms with Crippen LogP contribution in [0.3, 0.4) is 0 Å². The van der Waals surface area contributed by atoms with Crippen molar-refractivity contribution in [3.63, 3.8) is 0 Å². The second-order valence-electron chi connectivity index (χ2n) is 6.44. The molecule has 0 radical (unpaired) electrons. The first-order valence-electron chi connectivity index (χ1n) is 8.82. The van der Waals surface area contributed by atoms with Crippen molar-refractivity contribution in [1.29, 1.82) is 0 Å². The molecule has 26 heavy (non-hydrogen) atoms. The van der Waals surface area contributed by atoms with Crippen LogP contribution in [0.25, 0.3) is 0 Å². The highest BCUT2D eigenvalue weighted by atomic mass is 16.5. The van der Waals surface area contributed by atoms with Crippen molar-refractivity contribution in [2.75, 3.05) is 13.7 Å². The number of furan rings is 1. The number of hydrogen-bond donors (Lipinski definition) is 1. The molecular formula is C22H25NO3. The lowest BCUT2D eigenvalue weighted by Gasteiger charge is -2.24. The topological polar surface area (TPSA) is 45.8 Å². The molecule has 0 saturated heterocycles. The summed E-state index contributed by atoms with van der Waals surface area (Å²) in [5.74, 6) is 1.74. The Kier molecular flexibility index (Phi) is 6.47. The van der Waals surface area contributed by atoms with Gasteiger partial charge in [-0.25, -0.2) is 0 Å². The Morgan fingerprint density at radius 3 is 2.35 bits per heavy atom. The summed E-state index contributed by atoms with van der Waals surface area (Å²) in [5.41, 5.74) is 2.31. The molecule has 2 aromatic carbocycles. The number of aliphatic hydroxyl groups excluding tert-OH is 1. The Morgan fingerprint density at radius 2 is 1.69 bits per heavy atom. The van der Waals surface area contributed by atoms with Crippen LogP contribution in [0.1, 0.15) is 16.9 Å². The van der Waals surface area contributed by atoms with Gasteiger partial charge >= 0.3 is 0 Å². The van der Waals surface area contributed by atoms with Gasteiger partial charge in [-0.1, -0.05) is 42.5 Å². The van der Waals surface area contributed by atoms with E-state index < -0.39 is 6.10 Å². The zero-order valence-corrected chi connectivity index (χ0v) is 15.0. The SMILES string of the molecule is COc1ccc(CN(Cc2ccco2)C[C@H](O)Cc2ccccc2)cc1. The van der Waals surface area contributed by atoms with Crippen LogP contribution in [-0.4, -0.2) is 29.8 Å². The maximum absolute atomic E-state index is 10.6. The van der Waals surface area contributed by atoms with E-state index in [1.54, 1.807) is 13.4 Å². The van der Waals surface area contributed by atoms with Crippen molar-refractivity contribution >= 4 is 0 Å². The molecule has 0 bridgehead atoms. The molecule has 3 rings (SSSR count). The Bertz CT molecular complexity index is 754. The van der Waals surface area contributed by atoms with E-state index in [2.05, 4.69) is 17.0 Å². The highest BCUT2D eigenvalue weighted by molar-refractivity contribution is 5.27. The van der Waals surface area contributed by atoms with Crippen molar-refractivity contribution in [2.24, 2.45) is 0 Å². The van der Waals surface area contributed by atoms with Gasteiger partial charge in [-0.05, 0) is 41.8 Å². The number of nitrogens with zero attached hydrogens (tertiary/aromatic N) is 1. The molecule has 0 aliphatic carbocycles. The molecule has 0 unspecified atom stereocenters. The van der Waals surface area contributed by atoms with Crippen LogP contribution in [0.4, 0.5) is 0 Å². The zero-order valence-electron chi connectivity index (χ0n) is 15.0. The summed E-state index contributed by atoms with van der Waals surface area (Å²) in [6.45, 7) is 1.96. The zero-order chi connectivity index (χ0) is 18.2. The first kappa shape index (κ1) is 18.2. The number of methoxy groups -OCH3 is 1. The van der Waals surface area contributed by atoms with Gasteiger partial charge in [0.1, 0.15) is 11.5 Å². The minimum Gasteiger partial charge on any atom is -0.497 e. The summed E-state index contributed by atoms with van der Waals surface area (Å²) in [4.78, 5) is 2.20. The van der Waals surface area contributed by atoms with Gasteiger partial charge < -0.3 is 14.3 Å². The monoisotopic (exact) mass is 351 g/mol. The summed E-state index contributed by atoms with van der Waals surface area (Å²) in [7, 11) is 1.66. The molecule has 0 fully saturated rings. The van der Waals surface area contributed by atoms with Crippen LogP contribution >= 0.6 is 0 Å². The molecule has 136 valence electrons. The van der Waals surface area contributed by atoms with Crippen LogP contribution in [0.2, 0.25) is 0 Å². The molecule has 0 aliphatic rings. The molecule has 4 heteroatoms. The Labute approximate surface area is 154 Å². The van der Waals surface area contributed by atoms with Crippen LogP contribution in [0, 0.1) is 0 Å². The Hall–Kier alpha value is -2.56. The second-order valence-corrected chi connectivity index (χ2v) is 6.44. The standard InChI is InChI=1S/C22H25NO3/c1-25-21-11-9-19(10-12-21)15-23(17-22-8-5-13-26-22)16-20(24)14-18-6-3-2-4-7-18/h2-13,20,24H,14-17H2,1H3/t20-/m1/s1. The lowest BCUT2D eigenvalue weighted by molar-refractivity contribution is 0.100. The number of ether oxygens (including phenoxy) is 1. The molecule has 0 amide bonds. The summed E-state index contributed by atoms with van der Waals surface area (Å²) < 4.78 is 10.7. The quantitative estimate of drug-likeness (QED) is 0.635. The van der Waals surface area contributed by atoms with Crippen LogP contribution in [0.5, 0.6) is 5.75 Å². The van der Waals surface area contributed by atoms with E-state index in [0.29, 0.717) is 19.5 Å². The fourth-order valence-electron chi connectivity index (χ4n) is 3.05. The molecule has 0 saturated carbocycles. The van der Waals surface area contributed by atoms with Crippen molar-refractivity contribution in [3.8, 4) is 5.75 Å². The van der Waals surface area contributed by atoms with Gasteiger partial charge in [0.2, 0.25) is 0 Å². The molecule has 3 aromatic rings. The number of benzene rings is 2. The third-order valence-corrected chi connectivity index (χ3v) is 4.31. The van der Waals surface area contributed by atoms with E-state index in [1.807, 2.05) is 54.6 Å². The third kappa shape index (κ3) is 5.48. The van der Waals surface area contributed by atoms with Crippen molar-refractivity contribution in [2.45, 2.75) is 25.6 Å². The molecule has 1 atom stereocenters. The predicted octanol–water partition coefficient (Wildman–Crippen LogP) is 3.89. The first-order chi connectivity index (χ1) is 12.7. The van der Waals surface area contributed by atoms with E-state index in [0.717, 1.165) is 23.6 Å². The van der Waals surface area contributed by atoms with Gasteiger partial charge in [0.25, 0.3) is 0 Å².